The fraction of sp³-hybridized carbons (Fsp3) is 0.0952. The monoisotopic (exact) mass is 499 g/mol. The molecule has 0 fully saturated rings. The largest absolute Gasteiger partial charge is 0.573 e. The van der Waals surface area contributed by atoms with Gasteiger partial charge in [-0.2, -0.15) is 9.65 Å². The van der Waals surface area contributed by atoms with Crippen LogP contribution < -0.4 is 14.2 Å². The number of alkyl halides is 3. The molecule has 0 aliphatic heterocycles. The molecule has 0 bridgehead atoms. The lowest BCUT2D eigenvalue weighted by Crippen LogP contribution is -2.17. The lowest BCUT2D eigenvalue weighted by molar-refractivity contribution is -0.274. The number of nitrogens with zero attached hydrogens (tertiary/aromatic N) is 1. The summed E-state index contributed by atoms with van der Waals surface area (Å²) in [6, 6.07) is 11.8. The molecule has 0 aliphatic carbocycles. The number of benzene rings is 3. The van der Waals surface area contributed by atoms with Gasteiger partial charge in [-0.1, -0.05) is 12.1 Å². The van der Waals surface area contributed by atoms with Crippen molar-refractivity contribution in [2.24, 2.45) is 0 Å². The standard InChI is InChI=1S/C21H11BrF5NO3/c1-29-17-8-6-13(19(23)20(17)24)12-3-2-4-16(14(12)10-28)30-18-9-11(5-7-15(18)22)31-21(25,26)27/h2-9H,1H3. The molecule has 10 heteroatoms. The van der Waals surface area contributed by atoms with Crippen LogP contribution in [-0.2, 0) is 0 Å². The van der Waals surface area contributed by atoms with Crippen molar-refractivity contribution in [1.29, 1.82) is 5.26 Å². The number of ether oxygens (including phenoxy) is 3. The Kier molecular flexibility index (Phi) is 6.36. The van der Waals surface area contributed by atoms with E-state index in [0.717, 1.165) is 12.1 Å². The van der Waals surface area contributed by atoms with E-state index in [0.29, 0.717) is 0 Å². The van der Waals surface area contributed by atoms with E-state index in [1.54, 1.807) is 0 Å². The van der Waals surface area contributed by atoms with Crippen molar-refractivity contribution in [2.45, 2.75) is 6.36 Å². The summed E-state index contributed by atoms with van der Waals surface area (Å²) in [6.07, 6.45) is -4.90. The van der Waals surface area contributed by atoms with Crippen LogP contribution in [0.3, 0.4) is 0 Å². The maximum absolute atomic E-state index is 14.5. The number of methoxy groups -OCH3 is 1. The Bertz CT molecular complexity index is 1170. The highest BCUT2D eigenvalue weighted by atomic mass is 79.9. The lowest BCUT2D eigenvalue weighted by Gasteiger charge is -2.15. The van der Waals surface area contributed by atoms with Crippen LogP contribution in [0.4, 0.5) is 22.0 Å². The van der Waals surface area contributed by atoms with Gasteiger partial charge in [-0.3, -0.25) is 0 Å². The second-order valence-corrected chi connectivity index (χ2v) is 6.83. The number of rotatable bonds is 5. The number of hydrogen-bond acceptors (Lipinski definition) is 4. The molecule has 3 aromatic rings. The van der Waals surface area contributed by atoms with Crippen LogP contribution in [-0.4, -0.2) is 13.5 Å². The van der Waals surface area contributed by atoms with Gasteiger partial charge in [0.05, 0.1) is 11.6 Å². The minimum absolute atomic E-state index is 0.0258. The SMILES string of the molecule is COc1ccc(-c2cccc(Oc3cc(OC(F)(F)F)ccc3Br)c2C#N)c(F)c1F. The summed E-state index contributed by atoms with van der Waals surface area (Å²) < 4.78 is 80.6. The van der Waals surface area contributed by atoms with E-state index in [2.05, 4.69) is 20.7 Å². The highest BCUT2D eigenvalue weighted by Crippen LogP contribution is 2.39. The van der Waals surface area contributed by atoms with Crippen molar-refractivity contribution in [1.82, 2.24) is 0 Å². The molecule has 0 aliphatic rings. The molecular formula is C21H11BrF5NO3. The molecule has 31 heavy (non-hydrogen) atoms. The first kappa shape index (κ1) is 22.4. The van der Waals surface area contributed by atoms with Crippen molar-refractivity contribution in [3.05, 3.63) is 70.2 Å². The Morgan fingerprint density at radius 3 is 2.29 bits per heavy atom. The molecule has 4 nitrogen and oxygen atoms in total. The van der Waals surface area contributed by atoms with Crippen molar-refractivity contribution in [2.75, 3.05) is 7.11 Å². The fourth-order valence-electron chi connectivity index (χ4n) is 2.73. The van der Waals surface area contributed by atoms with E-state index in [1.807, 2.05) is 6.07 Å². The Hall–Kier alpha value is -3.32. The van der Waals surface area contributed by atoms with Gasteiger partial charge in [0.15, 0.2) is 11.6 Å². The average molecular weight is 500 g/mol. The molecule has 0 amide bonds. The lowest BCUT2D eigenvalue weighted by atomic mass is 9.98. The first-order valence-electron chi connectivity index (χ1n) is 8.43. The van der Waals surface area contributed by atoms with Crippen LogP contribution in [0, 0.1) is 23.0 Å². The zero-order chi connectivity index (χ0) is 22.8. The van der Waals surface area contributed by atoms with Crippen LogP contribution in [0.2, 0.25) is 0 Å². The molecular weight excluding hydrogens is 489 g/mol. The summed E-state index contributed by atoms with van der Waals surface area (Å²) in [6.45, 7) is 0. The maximum Gasteiger partial charge on any atom is 0.573 e. The zero-order valence-corrected chi connectivity index (χ0v) is 17.1. The molecule has 0 N–H and O–H groups in total. The quantitative estimate of drug-likeness (QED) is 0.356. The Morgan fingerprint density at radius 1 is 0.903 bits per heavy atom. The van der Waals surface area contributed by atoms with E-state index >= 15 is 0 Å². The molecule has 0 spiro atoms. The first-order valence-corrected chi connectivity index (χ1v) is 9.22. The molecule has 0 radical (unpaired) electrons. The van der Waals surface area contributed by atoms with Gasteiger partial charge in [0.1, 0.15) is 28.9 Å². The van der Waals surface area contributed by atoms with E-state index in [1.165, 1.54) is 43.5 Å². The van der Waals surface area contributed by atoms with Gasteiger partial charge in [-0.25, -0.2) is 4.39 Å². The van der Waals surface area contributed by atoms with E-state index < -0.39 is 23.7 Å². The third kappa shape index (κ3) is 4.88. The zero-order valence-electron chi connectivity index (χ0n) is 15.6. The molecule has 0 atom stereocenters. The smallest absolute Gasteiger partial charge is 0.494 e. The third-order valence-electron chi connectivity index (χ3n) is 4.05. The molecule has 3 rings (SSSR count). The summed E-state index contributed by atoms with van der Waals surface area (Å²) in [5, 5.41) is 9.62. The first-order chi connectivity index (χ1) is 14.6. The molecule has 0 heterocycles. The number of nitriles is 1. The molecule has 3 aromatic carbocycles. The highest BCUT2D eigenvalue weighted by Gasteiger charge is 2.31. The van der Waals surface area contributed by atoms with Gasteiger partial charge in [-0.05, 0) is 46.3 Å². The molecule has 0 unspecified atom stereocenters. The topological polar surface area (TPSA) is 51.5 Å². The third-order valence-corrected chi connectivity index (χ3v) is 4.71. The normalized spacial score (nSPS) is 11.0. The van der Waals surface area contributed by atoms with Gasteiger partial charge in [-0.15, -0.1) is 13.2 Å². The predicted octanol–water partition coefficient (Wildman–Crippen LogP) is 6.97. The van der Waals surface area contributed by atoms with Gasteiger partial charge < -0.3 is 14.2 Å². The van der Waals surface area contributed by atoms with Crippen LogP contribution >= 0.6 is 15.9 Å². The molecule has 0 aromatic heterocycles. The molecule has 160 valence electrons. The average Bonchev–Trinajstić information content (AvgIpc) is 2.71. The van der Waals surface area contributed by atoms with Crippen molar-refractivity contribution < 1.29 is 36.2 Å². The van der Waals surface area contributed by atoms with Crippen LogP contribution in [0.25, 0.3) is 11.1 Å². The van der Waals surface area contributed by atoms with Crippen LogP contribution in [0.5, 0.6) is 23.0 Å². The molecule has 0 saturated carbocycles. The Morgan fingerprint density at radius 2 is 1.65 bits per heavy atom. The summed E-state index contributed by atoms with van der Waals surface area (Å²) in [5.41, 5.74) is -0.341. The summed E-state index contributed by atoms with van der Waals surface area (Å²) in [7, 11) is 1.18. The Labute approximate surface area is 181 Å². The van der Waals surface area contributed by atoms with E-state index in [9.17, 15) is 27.2 Å². The fourth-order valence-corrected chi connectivity index (χ4v) is 3.06. The minimum atomic E-state index is -4.90. The van der Waals surface area contributed by atoms with Gasteiger partial charge >= 0.3 is 6.36 Å². The van der Waals surface area contributed by atoms with Crippen molar-refractivity contribution >= 4 is 15.9 Å². The number of halogens is 6. The van der Waals surface area contributed by atoms with Crippen LogP contribution in [0.1, 0.15) is 5.56 Å². The van der Waals surface area contributed by atoms with Gasteiger partial charge in [0.2, 0.25) is 5.82 Å². The highest BCUT2D eigenvalue weighted by molar-refractivity contribution is 9.10. The Balaban J connectivity index is 2.06. The summed E-state index contributed by atoms with van der Waals surface area (Å²) >= 11 is 3.15. The van der Waals surface area contributed by atoms with E-state index in [4.69, 9.17) is 9.47 Å². The maximum atomic E-state index is 14.5. The van der Waals surface area contributed by atoms with Crippen LogP contribution in [0.15, 0.2) is 53.0 Å². The minimum Gasteiger partial charge on any atom is -0.494 e. The van der Waals surface area contributed by atoms with Gasteiger partial charge in [0, 0.05) is 17.2 Å². The summed E-state index contributed by atoms with van der Waals surface area (Å²) in [4.78, 5) is 0. The van der Waals surface area contributed by atoms with E-state index in [-0.39, 0.29) is 38.4 Å². The number of hydrogen-bond donors (Lipinski definition) is 0. The summed E-state index contributed by atoms with van der Waals surface area (Å²) in [5.74, 6) is -3.47. The van der Waals surface area contributed by atoms with Crippen molar-refractivity contribution in [3.63, 3.8) is 0 Å². The second-order valence-electron chi connectivity index (χ2n) is 5.98. The predicted molar refractivity (Wildman–Crippen MR) is 104 cm³/mol. The van der Waals surface area contributed by atoms with Gasteiger partial charge in [0.25, 0.3) is 0 Å². The molecule has 0 saturated heterocycles. The van der Waals surface area contributed by atoms with Crippen molar-refractivity contribution in [3.8, 4) is 40.2 Å². The second kappa shape index (κ2) is 8.81.